The summed E-state index contributed by atoms with van der Waals surface area (Å²) < 4.78 is 10.5. The number of ether oxygens (including phenoxy) is 1. The number of aliphatic hydroxyl groups excluding tert-OH is 1. The third kappa shape index (κ3) is 3.56. The lowest BCUT2D eigenvalue weighted by Crippen LogP contribution is -2.27. The summed E-state index contributed by atoms with van der Waals surface area (Å²) in [4.78, 5) is 11.8. The molecule has 0 spiro atoms. The highest BCUT2D eigenvalue weighted by Crippen LogP contribution is 2.20. The molecule has 0 saturated carbocycles. The summed E-state index contributed by atoms with van der Waals surface area (Å²) in [6.45, 7) is 3.00. The molecule has 2 N–H and O–H groups in total. The van der Waals surface area contributed by atoms with E-state index >= 15 is 0 Å². The molecule has 0 aliphatic rings. The summed E-state index contributed by atoms with van der Waals surface area (Å²) >= 11 is 0. The number of rotatable bonds is 6. The van der Waals surface area contributed by atoms with Crippen molar-refractivity contribution in [3.63, 3.8) is 0 Å². The normalized spacial score (nSPS) is 10.8. The Labute approximate surface area is 111 Å². The second-order valence-electron chi connectivity index (χ2n) is 4.24. The van der Waals surface area contributed by atoms with Gasteiger partial charge in [0.05, 0.1) is 19.8 Å². The number of furan rings is 1. The molecule has 1 aromatic carbocycles. The van der Waals surface area contributed by atoms with Crippen LogP contribution in [0.4, 0.5) is 0 Å². The van der Waals surface area contributed by atoms with Crippen LogP contribution in [0.1, 0.15) is 16.1 Å². The number of aliphatic hydroxyl groups is 1. The minimum absolute atomic E-state index is 0.0170. The Morgan fingerprint density at radius 3 is 3.00 bits per heavy atom. The molecule has 5 nitrogen and oxygen atoms in total. The molecular weight excluding hydrogens is 246 g/mol. The number of carbonyl (C=O) groups excluding carboxylic acids is 1. The van der Waals surface area contributed by atoms with E-state index in [9.17, 15) is 4.79 Å². The van der Waals surface area contributed by atoms with Crippen molar-refractivity contribution < 1.29 is 19.1 Å². The van der Waals surface area contributed by atoms with E-state index in [0.29, 0.717) is 24.5 Å². The van der Waals surface area contributed by atoms with Crippen molar-refractivity contribution in [1.29, 1.82) is 0 Å². The van der Waals surface area contributed by atoms with E-state index in [1.807, 2.05) is 25.1 Å². The van der Waals surface area contributed by atoms with E-state index in [2.05, 4.69) is 5.32 Å². The Morgan fingerprint density at radius 1 is 1.37 bits per heavy atom. The highest BCUT2D eigenvalue weighted by Gasteiger charge is 2.11. The van der Waals surface area contributed by atoms with Gasteiger partial charge in [0, 0.05) is 11.9 Å². The van der Waals surface area contributed by atoms with Gasteiger partial charge in [0.25, 0.3) is 5.91 Å². The van der Waals surface area contributed by atoms with Crippen LogP contribution >= 0.6 is 0 Å². The number of benzene rings is 1. The molecule has 0 radical (unpaired) electrons. The van der Waals surface area contributed by atoms with Crippen LogP contribution in [0.25, 0.3) is 11.0 Å². The maximum atomic E-state index is 11.8. The Balaban J connectivity index is 1.94. The van der Waals surface area contributed by atoms with Crippen molar-refractivity contribution in [3.8, 4) is 0 Å². The minimum atomic E-state index is -0.263. The molecule has 102 valence electrons. The van der Waals surface area contributed by atoms with Crippen LogP contribution in [0.5, 0.6) is 0 Å². The van der Waals surface area contributed by atoms with Gasteiger partial charge in [-0.3, -0.25) is 4.79 Å². The molecule has 1 aromatic heterocycles. The first-order valence-electron chi connectivity index (χ1n) is 6.17. The molecule has 1 heterocycles. The fraction of sp³-hybridized carbons (Fsp3) is 0.357. The molecule has 2 rings (SSSR count). The third-order valence-corrected chi connectivity index (χ3v) is 2.66. The minimum Gasteiger partial charge on any atom is -0.451 e. The van der Waals surface area contributed by atoms with Gasteiger partial charge in [0.15, 0.2) is 5.76 Å². The summed E-state index contributed by atoms with van der Waals surface area (Å²) in [5, 5.41) is 12.1. The number of aryl methyl sites for hydroxylation is 1. The SMILES string of the molecule is Cc1ccc2oc(C(=O)NCCOCCO)cc2c1. The van der Waals surface area contributed by atoms with Crippen molar-refractivity contribution >= 4 is 16.9 Å². The van der Waals surface area contributed by atoms with Gasteiger partial charge in [-0.25, -0.2) is 0 Å². The second kappa shape index (κ2) is 6.36. The lowest BCUT2D eigenvalue weighted by molar-refractivity contribution is 0.0823. The largest absolute Gasteiger partial charge is 0.451 e. The number of hydrogen-bond donors (Lipinski definition) is 2. The molecule has 1 amide bonds. The molecular formula is C14H17NO4. The number of nitrogens with one attached hydrogen (secondary N) is 1. The van der Waals surface area contributed by atoms with E-state index in [-0.39, 0.29) is 19.1 Å². The lowest BCUT2D eigenvalue weighted by Gasteiger charge is -2.03. The van der Waals surface area contributed by atoms with E-state index in [1.54, 1.807) is 6.07 Å². The fourth-order valence-corrected chi connectivity index (χ4v) is 1.77. The van der Waals surface area contributed by atoms with Crippen LogP contribution in [-0.2, 0) is 4.74 Å². The zero-order valence-electron chi connectivity index (χ0n) is 10.8. The monoisotopic (exact) mass is 263 g/mol. The van der Waals surface area contributed by atoms with E-state index in [4.69, 9.17) is 14.3 Å². The maximum absolute atomic E-state index is 11.8. The van der Waals surface area contributed by atoms with E-state index in [1.165, 1.54) is 0 Å². The summed E-state index contributed by atoms with van der Waals surface area (Å²) in [6, 6.07) is 7.49. The van der Waals surface area contributed by atoms with Gasteiger partial charge < -0.3 is 19.6 Å². The molecule has 0 bridgehead atoms. The van der Waals surface area contributed by atoms with Crippen molar-refractivity contribution in [3.05, 3.63) is 35.6 Å². The summed E-state index contributed by atoms with van der Waals surface area (Å²) in [6.07, 6.45) is 0. The Kier molecular flexibility index (Phi) is 4.54. The summed E-state index contributed by atoms with van der Waals surface area (Å²) in [5.41, 5.74) is 1.82. The topological polar surface area (TPSA) is 71.7 Å². The number of carbonyl (C=O) groups is 1. The predicted molar refractivity (Wildman–Crippen MR) is 71.2 cm³/mol. The number of amides is 1. The van der Waals surface area contributed by atoms with Crippen molar-refractivity contribution in [1.82, 2.24) is 5.32 Å². The molecule has 0 unspecified atom stereocenters. The van der Waals surface area contributed by atoms with Crippen molar-refractivity contribution in [2.45, 2.75) is 6.92 Å². The molecule has 0 aliphatic heterocycles. The van der Waals surface area contributed by atoms with Crippen LogP contribution in [0.2, 0.25) is 0 Å². The zero-order chi connectivity index (χ0) is 13.7. The van der Waals surface area contributed by atoms with Crippen LogP contribution in [0, 0.1) is 6.92 Å². The van der Waals surface area contributed by atoms with Crippen LogP contribution in [0.15, 0.2) is 28.7 Å². The average molecular weight is 263 g/mol. The molecule has 2 aromatic rings. The van der Waals surface area contributed by atoms with Gasteiger partial charge in [0.1, 0.15) is 5.58 Å². The van der Waals surface area contributed by atoms with Crippen LogP contribution < -0.4 is 5.32 Å². The van der Waals surface area contributed by atoms with Gasteiger partial charge in [0.2, 0.25) is 0 Å². The smallest absolute Gasteiger partial charge is 0.287 e. The van der Waals surface area contributed by atoms with Crippen LogP contribution in [-0.4, -0.2) is 37.4 Å². The Bertz CT molecular complexity index is 562. The van der Waals surface area contributed by atoms with Crippen molar-refractivity contribution in [2.24, 2.45) is 0 Å². The predicted octanol–water partition coefficient (Wildman–Crippen LogP) is 1.48. The molecule has 0 atom stereocenters. The standard InChI is InChI=1S/C14H17NO4/c1-10-2-3-12-11(8-10)9-13(19-12)14(17)15-4-6-18-7-5-16/h2-3,8-9,16H,4-7H2,1H3,(H,15,17). The van der Waals surface area contributed by atoms with Gasteiger partial charge in [-0.1, -0.05) is 11.6 Å². The molecule has 0 aliphatic carbocycles. The third-order valence-electron chi connectivity index (χ3n) is 2.66. The van der Waals surface area contributed by atoms with Crippen LogP contribution in [0.3, 0.4) is 0 Å². The Hall–Kier alpha value is -1.85. The van der Waals surface area contributed by atoms with E-state index in [0.717, 1.165) is 10.9 Å². The lowest BCUT2D eigenvalue weighted by atomic mass is 10.2. The fourth-order valence-electron chi connectivity index (χ4n) is 1.77. The Morgan fingerprint density at radius 2 is 2.21 bits per heavy atom. The highest BCUT2D eigenvalue weighted by atomic mass is 16.5. The molecule has 0 fully saturated rings. The first-order valence-corrected chi connectivity index (χ1v) is 6.17. The van der Waals surface area contributed by atoms with Gasteiger partial charge in [-0.15, -0.1) is 0 Å². The maximum Gasteiger partial charge on any atom is 0.287 e. The highest BCUT2D eigenvalue weighted by molar-refractivity contribution is 5.96. The average Bonchev–Trinajstić information content (AvgIpc) is 2.81. The van der Waals surface area contributed by atoms with Gasteiger partial charge in [-0.2, -0.15) is 0 Å². The molecule has 19 heavy (non-hydrogen) atoms. The van der Waals surface area contributed by atoms with Gasteiger partial charge in [-0.05, 0) is 25.1 Å². The summed E-state index contributed by atoms with van der Waals surface area (Å²) in [5.74, 6) is 0.0317. The zero-order valence-corrected chi connectivity index (χ0v) is 10.8. The molecule has 0 saturated heterocycles. The summed E-state index contributed by atoms with van der Waals surface area (Å²) in [7, 11) is 0. The quantitative estimate of drug-likeness (QED) is 0.774. The van der Waals surface area contributed by atoms with Crippen molar-refractivity contribution in [2.75, 3.05) is 26.4 Å². The molecule has 5 heteroatoms. The second-order valence-corrected chi connectivity index (χ2v) is 4.24. The van der Waals surface area contributed by atoms with Gasteiger partial charge >= 0.3 is 0 Å². The first kappa shape index (κ1) is 13.6. The number of hydrogen-bond acceptors (Lipinski definition) is 4. The van der Waals surface area contributed by atoms with E-state index < -0.39 is 0 Å². The first-order chi connectivity index (χ1) is 9.20. The number of fused-ring (bicyclic) bond motifs is 1.